The van der Waals surface area contributed by atoms with E-state index in [0.717, 1.165) is 35.1 Å². The molecule has 12 nitrogen and oxygen atoms in total. The monoisotopic (exact) mass is 773 g/mol. The van der Waals surface area contributed by atoms with Crippen LogP contribution < -0.4 is 0 Å². The number of ether oxygens (including phenoxy) is 2. The van der Waals surface area contributed by atoms with Gasteiger partial charge in [0.25, 0.3) is 0 Å². The van der Waals surface area contributed by atoms with Gasteiger partial charge >= 0.3 is 11.9 Å². The summed E-state index contributed by atoms with van der Waals surface area (Å²) in [5.41, 5.74) is 3.44. The Hall–Kier alpha value is -4.87. The van der Waals surface area contributed by atoms with E-state index in [1.54, 1.807) is 14.7 Å². The molecule has 304 valence electrons. The average molecular weight is 774 g/mol. The quantitative estimate of drug-likeness (QED) is 0.189. The van der Waals surface area contributed by atoms with Crippen molar-refractivity contribution in [3.63, 3.8) is 0 Å². The normalized spacial score (nSPS) is 17.8. The van der Waals surface area contributed by atoms with Crippen LogP contribution in [0.15, 0.2) is 48.5 Å². The summed E-state index contributed by atoms with van der Waals surface area (Å²) in [5.74, 6) is -2.65. The zero-order valence-electron chi connectivity index (χ0n) is 34.1. The largest absolute Gasteiger partial charge is 0.469 e. The van der Waals surface area contributed by atoms with Crippen molar-refractivity contribution in [1.29, 1.82) is 0 Å². The van der Waals surface area contributed by atoms with Crippen LogP contribution in [0.2, 0.25) is 0 Å². The molecule has 2 aromatic carbocycles. The van der Waals surface area contributed by atoms with Crippen LogP contribution in [0.3, 0.4) is 0 Å². The zero-order valence-corrected chi connectivity index (χ0v) is 34.1. The fourth-order valence-electron chi connectivity index (χ4n) is 7.78. The summed E-state index contributed by atoms with van der Waals surface area (Å²) >= 11 is 0. The van der Waals surface area contributed by atoms with Gasteiger partial charge in [-0.15, -0.1) is 0 Å². The Morgan fingerprint density at radius 3 is 1.25 bits per heavy atom. The lowest BCUT2D eigenvalue weighted by Gasteiger charge is -2.29. The van der Waals surface area contributed by atoms with Gasteiger partial charge in [-0.2, -0.15) is 0 Å². The minimum atomic E-state index is -0.544. The van der Waals surface area contributed by atoms with Gasteiger partial charge in [0.1, 0.15) is 0 Å². The number of nitrogens with zero attached hydrogens (tertiary/aromatic N) is 3. The van der Waals surface area contributed by atoms with Crippen LogP contribution in [0.5, 0.6) is 0 Å². The second-order valence-electron chi connectivity index (χ2n) is 15.9. The lowest BCUT2D eigenvalue weighted by Crippen LogP contribution is -2.45. The van der Waals surface area contributed by atoms with Crippen LogP contribution in [0.25, 0.3) is 0 Å². The molecule has 2 aliphatic heterocycles. The number of methoxy groups -OCH3 is 2. The van der Waals surface area contributed by atoms with E-state index in [4.69, 9.17) is 9.47 Å². The van der Waals surface area contributed by atoms with E-state index >= 15 is 0 Å². The smallest absolute Gasteiger partial charge is 0.306 e. The summed E-state index contributed by atoms with van der Waals surface area (Å²) in [6.07, 6.45) is 2.96. The van der Waals surface area contributed by atoms with Gasteiger partial charge < -0.3 is 24.2 Å². The highest BCUT2D eigenvalue weighted by molar-refractivity contribution is 5.93. The summed E-state index contributed by atoms with van der Waals surface area (Å²) < 4.78 is 9.61. The van der Waals surface area contributed by atoms with Crippen LogP contribution in [0.4, 0.5) is 0 Å². The molecule has 0 spiro atoms. The molecule has 3 amide bonds. The maximum Gasteiger partial charge on any atom is 0.306 e. The average Bonchev–Trinajstić information content (AvgIpc) is 3.87. The number of rotatable bonds is 18. The van der Waals surface area contributed by atoms with E-state index in [9.17, 15) is 33.6 Å². The zero-order chi connectivity index (χ0) is 41.1. The predicted octanol–water partition coefficient (Wildman–Crippen LogP) is 5.11. The Balaban J connectivity index is 1.32. The molecule has 0 aliphatic carbocycles. The molecule has 0 radical (unpaired) electrons. The van der Waals surface area contributed by atoms with Crippen molar-refractivity contribution in [2.75, 3.05) is 27.3 Å². The van der Waals surface area contributed by atoms with Crippen molar-refractivity contribution in [3.05, 3.63) is 70.8 Å². The van der Waals surface area contributed by atoms with Crippen LogP contribution >= 0.6 is 0 Å². The number of carbonyl (C=O) groups is 7. The van der Waals surface area contributed by atoms with E-state index in [0.29, 0.717) is 39.0 Å². The Bertz CT molecular complexity index is 1600. The maximum atomic E-state index is 13.4. The van der Waals surface area contributed by atoms with Gasteiger partial charge in [-0.3, -0.25) is 33.6 Å². The molecule has 2 saturated heterocycles. The first-order valence-corrected chi connectivity index (χ1v) is 19.8. The Labute approximate surface area is 331 Å². The summed E-state index contributed by atoms with van der Waals surface area (Å²) in [7, 11) is 2.61. The first kappa shape index (κ1) is 43.9. The predicted molar refractivity (Wildman–Crippen MR) is 210 cm³/mol. The highest BCUT2D eigenvalue weighted by atomic mass is 16.5. The molecule has 4 atom stereocenters. The molecule has 0 aromatic heterocycles. The van der Waals surface area contributed by atoms with E-state index in [-0.39, 0.29) is 66.8 Å². The second-order valence-corrected chi connectivity index (χ2v) is 15.9. The number of hydrogen-bond donors (Lipinski definition) is 0. The number of carbonyl (C=O) groups excluding carboxylic acids is 7. The topological polar surface area (TPSA) is 148 Å². The fourth-order valence-corrected chi connectivity index (χ4v) is 7.78. The molecular formula is C44H59N3O9. The van der Waals surface area contributed by atoms with Gasteiger partial charge in [0, 0.05) is 45.9 Å². The van der Waals surface area contributed by atoms with Crippen LogP contribution in [-0.2, 0) is 69.0 Å². The third kappa shape index (κ3) is 11.6. The molecule has 0 bridgehead atoms. The third-order valence-corrected chi connectivity index (χ3v) is 11.3. The molecule has 2 aromatic rings. The Kier molecular flexibility index (Phi) is 15.9. The SMILES string of the molecule is COC(=O)C[C@H](C(=O)N1CCC[C@H]1C(=O)Cc1ccc(CN(Cc2ccc(CC(=O)[C@@H]3CCCN3C(=O)[C@@H](CC(=O)OC)C(C)C)cc2)C(C)=O)cc1)C(C)C. The summed E-state index contributed by atoms with van der Waals surface area (Å²) in [4.78, 5) is 95.4. The summed E-state index contributed by atoms with van der Waals surface area (Å²) in [5, 5.41) is 0. The molecule has 0 saturated carbocycles. The molecule has 2 heterocycles. The van der Waals surface area contributed by atoms with Crippen molar-refractivity contribution < 1.29 is 43.0 Å². The van der Waals surface area contributed by atoms with Gasteiger partial charge in [-0.25, -0.2) is 0 Å². The van der Waals surface area contributed by atoms with Gasteiger partial charge in [0.15, 0.2) is 11.6 Å². The second kappa shape index (κ2) is 20.3. The fraction of sp³-hybridized carbons (Fsp3) is 0.568. The lowest BCUT2D eigenvalue weighted by molar-refractivity contribution is -0.149. The van der Waals surface area contributed by atoms with Gasteiger partial charge in [0.2, 0.25) is 17.7 Å². The third-order valence-electron chi connectivity index (χ3n) is 11.3. The maximum absolute atomic E-state index is 13.4. The number of benzene rings is 2. The van der Waals surface area contributed by atoms with Crippen molar-refractivity contribution in [2.45, 2.75) is 111 Å². The van der Waals surface area contributed by atoms with Crippen molar-refractivity contribution >= 4 is 41.2 Å². The molecule has 2 fully saturated rings. The number of hydrogen-bond acceptors (Lipinski definition) is 9. The lowest BCUT2D eigenvalue weighted by atomic mass is 9.90. The number of amides is 3. The number of Topliss-reactive ketones (excluding diaryl/α,β-unsaturated/α-hetero) is 2. The molecule has 4 rings (SSSR count). The highest BCUT2D eigenvalue weighted by Crippen LogP contribution is 2.28. The molecule has 0 unspecified atom stereocenters. The van der Waals surface area contributed by atoms with Crippen LogP contribution in [-0.4, -0.2) is 95.3 Å². The van der Waals surface area contributed by atoms with Gasteiger partial charge in [0.05, 0.1) is 51.0 Å². The number of likely N-dealkylation sites (tertiary alicyclic amines) is 2. The van der Waals surface area contributed by atoms with E-state index in [1.807, 2.05) is 76.2 Å². The van der Waals surface area contributed by atoms with Crippen molar-refractivity contribution in [3.8, 4) is 0 Å². The van der Waals surface area contributed by atoms with Gasteiger partial charge in [-0.05, 0) is 59.8 Å². The standard InChI is InChI=1S/C44H59N3O9/c1-28(2)35(24-41(51)55-6)43(53)46-20-8-10-37(46)39(49)22-31-12-16-33(17-13-31)26-45(30(5)48)27-34-18-14-32(15-19-34)23-40(50)38-11-9-21-47(38)44(54)36(29(3)4)25-42(52)56-7/h12-19,28-29,35-38H,8-11,20-27H2,1-7H3/t35-,36-,37-,38-/m0/s1. The Morgan fingerprint density at radius 1 is 0.607 bits per heavy atom. The molecule has 56 heavy (non-hydrogen) atoms. The molecular weight excluding hydrogens is 714 g/mol. The first-order valence-electron chi connectivity index (χ1n) is 19.8. The highest BCUT2D eigenvalue weighted by Gasteiger charge is 2.40. The van der Waals surface area contributed by atoms with Crippen molar-refractivity contribution in [2.24, 2.45) is 23.7 Å². The van der Waals surface area contributed by atoms with E-state index in [2.05, 4.69) is 0 Å². The summed E-state index contributed by atoms with van der Waals surface area (Å²) in [6, 6.07) is 14.1. The van der Waals surface area contributed by atoms with Gasteiger partial charge in [-0.1, -0.05) is 76.2 Å². The number of esters is 2. The minimum absolute atomic E-state index is 0.0132. The Morgan fingerprint density at radius 2 is 0.946 bits per heavy atom. The van der Waals surface area contributed by atoms with Crippen LogP contribution in [0.1, 0.15) is 95.4 Å². The number of ketones is 2. The first-order chi connectivity index (χ1) is 26.6. The molecule has 12 heteroatoms. The molecule has 2 aliphatic rings. The molecule has 0 N–H and O–H groups in total. The van der Waals surface area contributed by atoms with E-state index < -0.39 is 35.9 Å². The van der Waals surface area contributed by atoms with E-state index in [1.165, 1.54) is 21.1 Å². The van der Waals surface area contributed by atoms with Crippen LogP contribution in [0, 0.1) is 23.7 Å². The van der Waals surface area contributed by atoms with Crippen molar-refractivity contribution in [1.82, 2.24) is 14.7 Å². The minimum Gasteiger partial charge on any atom is -0.469 e. The summed E-state index contributed by atoms with van der Waals surface area (Å²) in [6.45, 7) is 10.8.